The van der Waals surface area contributed by atoms with Crippen LogP contribution in [-0.2, 0) is 16.6 Å². The average Bonchev–Trinajstić information content (AvgIpc) is 2.77. The maximum Gasteiger partial charge on any atom is 0.243 e. The Morgan fingerprint density at radius 3 is 2.48 bits per heavy atom. The molecule has 23 heavy (non-hydrogen) atoms. The summed E-state index contributed by atoms with van der Waals surface area (Å²) in [6, 6.07) is 13.5. The van der Waals surface area contributed by atoms with E-state index in [0.717, 1.165) is 11.3 Å². The molecule has 0 spiro atoms. The fraction of sp³-hybridized carbons (Fsp3) is 0.235. The zero-order valence-electron chi connectivity index (χ0n) is 12.7. The van der Waals surface area contributed by atoms with Crippen molar-refractivity contribution in [2.24, 2.45) is 0 Å². The van der Waals surface area contributed by atoms with E-state index >= 15 is 0 Å². The second-order valence-electron chi connectivity index (χ2n) is 5.38. The minimum atomic E-state index is -3.63. The Labute approximate surface area is 135 Å². The number of benzene rings is 2. The molecule has 0 unspecified atom stereocenters. The van der Waals surface area contributed by atoms with Crippen LogP contribution in [0.1, 0.15) is 22.8 Å². The molecule has 0 aromatic heterocycles. The Kier molecular flexibility index (Phi) is 4.19. The summed E-state index contributed by atoms with van der Waals surface area (Å²) in [5, 5.41) is 0. The van der Waals surface area contributed by atoms with Crippen LogP contribution in [-0.4, -0.2) is 31.7 Å². The fourth-order valence-corrected chi connectivity index (χ4v) is 3.92. The van der Waals surface area contributed by atoms with Gasteiger partial charge in [0.1, 0.15) is 12.4 Å². The van der Waals surface area contributed by atoms with Gasteiger partial charge in [0.15, 0.2) is 5.78 Å². The van der Waals surface area contributed by atoms with Gasteiger partial charge in [-0.2, -0.15) is 4.31 Å². The first kappa shape index (κ1) is 15.7. The molecule has 0 saturated carbocycles. The zero-order chi connectivity index (χ0) is 16.4. The number of carbonyl (C=O) groups is 1. The molecule has 0 saturated heterocycles. The Morgan fingerprint density at radius 2 is 1.78 bits per heavy atom. The number of ketones is 1. The number of hydrogen-bond donors (Lipinski definition) is 0. The number of carbonyl (C=O) groups excluding carboxylic acids is 1. The molecule has 3 rings (SSSR count). The third kappa shape index (κ3) is 3.13. The standard InChI is InChI=1S/C17H17NO4S/c1-13(19)14-6-8-16(9-7-14)23(20,21)18-10-11-22-17-5-3-2-4-15(17)12-18/h2-9H,10-12H2,1H3. The predicted octanol–water partition coefficient (Wildman–Crippen LogP) is 2.47. The molecule has 1 aliphatic heterocycles. The van der Waals surface area contributed by atoms with Crippen molar-refractivity contribution in [2.45, 2.75) is 18.4 Å². The monoisotopic (exact) mass is 331 g/mol. The van der Waals surface area contributed by atoms with E-state index in [-0.39, 0.29) is 23.8 Å². The van der Waals surface area contributed by atoms with Gasteiger partial charge < -0.3 is 4.74 Å². The first-order valence-electron chi connectivity index (χ1n) is 7.30. The van der Waals surface area contributed by atoms with Crippen LogP contribution in [0.2, 0.25) is 0 Å². The lowest BCUT2D eigenvalue weighted by atomic mass is 10.2. The number of sulfonamides is 1. The molecule has 1 aliphatic rings. The van der Waals surface area contributed by atoms with Gasteiger partial charge in [-0.3, -0.25) is 4.79 Å². The predicted molar refractivity (Wildman–Crippen MR) is 86.0 cm³/mol. The molecule has 1 heterocycles. The van der Waals surface area contributed by atoms with Crippen molar-refractivity contribution in [1.29, 1.82) is 0 Å². The highest BCUT2D eigenvalue weighted by molar-refractivity contribution is 7.89. The summed E-state index contributed by atoms with van der Waals surface area (Å²) in [5.74, 6) is 0.628. The van der Waals surface area contributed by atoms with E-state index in [2.05, 4.69) is 0 Å². The van der Waals surface area contributed by atoms with Gasteiger partial charge in [-0.05, 0) is 25.1 Å². The molecule has 0 N–H and O–H groups in total. The van der Waals surface area contributed by atoms with Crippen molar-refractivity contribution in [3.63, 3.8) is 0 Å². The third-order valence-corrected chi connectivity index (χ3v) is 5.68. The summed E-state index contributed by atoms with van der Waals surface area (Å²) in [7, 11) is -3.63. The van der Waals surface area contributed by atoms with E-state index < -0.39 is 10.0 Å². The molecule has 0 amide bonds. The Morgan fingerprint density at radius 1 is 1.09 bits per heavy atom. The van der Waals surface area contributed by atoms with Crippen molar-refractivity contribution in [3.05, 3.63) is 59.7 Å². The molecule has 5 nitrogen and oxygen atoms in total. The lowest BCUT2D eigenvalue weighted by molar-refractivity contribution is 0.101. The lowest BCUT2D eigenvalue weighted by Crippen LogP contribution is -2.32. The van der Waals surface area contributed by atoms with Crippen LogP contribution in [0.3, 0.4) is 0 Å². The number of rotatable bonds is 3. The number of fused-ring (bicyclic) bond motifs is 1. The van der Waals surface area contributed by atoms with Gasteiger partial charge in [0.05, 0.1) is 4.90 Å². The number of hydrogen-bond acceptors (Lipinski definition) is 4. The molecule has 2 aromatic rings. The Balaban J connectivity index is 1.92. The summed E-state index contributed by atoms with van der Waals surface area (Å²) in [6.45, 7) is 2.31. The van der Waals surface area contributed by atoms with E-state index in [1.807, 2.05) is 24.3 Å². The molecule has 0 fully saturated rings. The van der Waals surface area contributed by atoms with Crippen LogP contribution < -0.4 is 4.74 Å². The maximum atomic E-state index is 12.8. The number of Topliss-reactive ketones (excluding diaryl/α,β-unsaturated/α-hetero) is 1. The van der Waals surface area contributed by atoms with Crippen LogP contribution in [0.25, 0.3) is 0 Å². The third-order valence-electron chi connectivity index (χ3n) is 3.82. The molecule has 6 heteroatoms. The molecule has 2 aromatic carbocycles. The van der Waals surface area contributed by atoms with E-state index in [9.17, 15) is 13.2 Å². The van der Waals surface area contributed by atoms with Gasteiger partial charge in [-0.1, -0.05) is 30.3 Å². The second-order valence-corrected chi connectivity index (χ2v) is 7.31. The molecule has 0 atom stereocenters. The largest absolute Gasteiger partial charge is 0.492 e. The molecule has 120 valence electrons. The van der Waals surface area contributed by atoms with Gasteiger partial charge >= 0.3 is 0 Å². The van der Waals surface area contributed by atoms with E-state index in [4.69, 9.17) is 4.74 Å². The highest BCUT2D eigenvalue weighted by Gasteiger charge is 2.27. The van der Waals surface area contributed by atoms with Gasteiger partial charge in [-0.25, -0.2) is 8.42 Å². The zero-order valence-corrected chi connectivity index (χ0v) is 13.5. The van der Waals surface area contributed by atoms with Crippen molar-refractivity contribution < 1.29 is 17.9 Å². The van der Waals surface area contributed by atoms with Gasteiger partial charge in [0, 0.05) is 24.2 Å². The second kappa shape index (κ2) is 6.14. The number of nitrogens with zero attached hydrogens (tertiary/aromatic N) is 1. The summed E-state index contributed by atoms with van der Waals surface area (Å²) in [4.78, 5) is 11.5. The van der Waals surface area contributed by atoms with Crippen molar-refractivity contribution in [3.8, 4) is 5.75 Å². The van der Waals surface area contributed by atoms with Crippen LogP contribution in [0, 0.1) is 0 Å². The highest BCUT2D eigenvalue weighted by atomic mass is 32.2. The average molecular weight is 331 g/mol. The van der Waals surface area contributed by atoms with E-state index in [1.165, 1.54) is 35.5 Å². The Hall–Kier alpha value is -2.18. The summed E-state index contributed by atoms with van der Waals surface area (Å²) in [5.41, 5.74) is 1.34. The van der Waals surface area contributed by atoms with Gasteiger partial charge in [0.25, 0.3) is 0 Å². The molecule has 0 bridgehead atoms. The normalized spacial score (nSPS) is 15.3. The summed E-state index contributed by atoms with van der Waals surface area (Å²) >= 11 is 0. The maximum absolute atomic E-state index is 12.8. The van der Waals surface area contributed by atoms with Crippen molar-refractivity contribution in [1.82, 2.24) is 4.31 Å². The van der Waals surface area contributed by atoms with E-state index in [1.54, 1.807) is 0 Å². The minimum Gasteiger partial charge on any atom is -0.492 e. The van der Waals surface area contributed by atoms with Gasteiger partial charge in [0.2, 0.25) is 10.0 Å². The quantitative estimate of drug-likeness (QED) is 0.811. The summed E-state index contributed by atoms with van der Waals surface area (Å²) < 4.78 is 32.6. The van der Waals surface area contributed by atoms with Crippen LogP contribution in [0.4, 0.5) is 0 Å². The number of para-hydroxylation sites is 1. The molecule has 0 aliphatic carbocycles. The van der Waals surface area contributed by atoms with Crippen molar-refractivity contribution >= 4 is 15.8 Å². The van der Waals surface area contributed by atoms with Crippen molar-refractivity contribution in [2.75, 3.05) is 13.2 Å². The fourth-order valence-electron chi connectivity index (χ4n) is 2.52. The van der Waals surface area contributed by atoms with Crippen LogP contribution in [0.5, 0.6) is 5.75 Å². The summed E-state index contributed by atoms with van der Waals surface area (Å²) in [6.07, 6.45) is 0. The molecular formula is C17H17NO4S. The first-order chi connectivity index (χ1) is 11.0. The number of ether oxygens (including phenoxy) is 1. The van der Waals surface area contributed by atoms with Crippen LogP contribution in [0.15, 0.2) is 53.4 Å². The lowest BCUT2D eigenvalue weighted by Gasteiger charge is -2.19. The smallest absolute Gasteiger partial charge is 0.243 e. The Bertz CT molecular complexity index is 828. The van der Waals surface area contributed by atoms with Crippen LogP contribution >= 0.6 is 0 Å². The SMILES string of the molecule is CC(=O)c1ccc(S(=O)(=O)N2CCOc3ccccc3C2)cc1. The van der Waals surface area contributed by atoms with E-state index in [0.29, 0.717) is 12.2 Å². The van der Waals surface area contributed by atoms with Gasteiger partial charge in [-0.15, -0.1) is 0 Å². The molecule has 0 radical (unpaired) electrons. The molecular weight excluding hydrogens is 314 g/mol. The topological polar surface area (TPSA) is 63.7 Å². The minimum absolute atomic E-state index is 0.0916. The highest BCUT2D eigenvalue weighted by Crippen LogP contribution is 2.26. The first-order valence-corrected chi connectivity index (χ1v) is 8.74.